The van der Waals surface area contributed by atoms with Crippen molar-refractivity contribution in [2.75, 3.05) is 0 Å². The van der Waals surface area contributed by atoms with Crippen molar-refractivity contribution in [3.05, 3.63) is 0 Å². The Morgan fingerprint density at radius 1 is 0.824 bits per heavy atom. The van der Waals surface area contributed by atoms with Crippen LogP contribution in [-0.2, 0) is 0 Å². The molecule has 2 aliphatic carbocycles. The van der Waals surface area contributed by atoms with Crippen LogP contribution < -0.4 is 0 Å². The number of hydrogen-bond acceptors (Lipinski definition) is 3. The van der Waals surface area contributed by atoms with Crippen molar-refractivity contribution in [1.82, 2.24) is 0 Å². The molecule has 0 aromatic carbocycles. The first-order chi connectivity index (χ1) is 8.18. The van der Waals surface area contributed by atoms with E-state index >= 15 is 0 Å². The maximum atomic E-state index is 9.35. The molecule has 0 aromatic rings. The van der Waals surface area contributed by atoms with E-state index in [4.69, 9.17) is 0 Å². The average molecular weight is 233 g/mol. The highest BCUT2D eigenvalue weighted by Gasteiger charge is 2.34. The Hall–Kier alpha value is -0.910. The standard InChI is InChI=1S/C14H23N3/c1-13(8-4-2-5-9-13)16-17-14(12-15)10-6-3-7-11-14/h2-11H2,1H3. The highest BCUT2D eigenvalue weighted by atomic mass is 15.2. The first-order valence-corrected chi connectivity index (χ1v) is 7.04. The summed E-state index contributed by atoms with van der Waals surface area (Å²) in [5.74, 6) is 0. The van der Waals surface area contributed by atoms with E-state index in [9.17, 15) is 5.26 Å². The van der Waals surface area contributed by atoms with Gasteiger partial charge >= 0.3 is 0 Å². The van der Waals surface area contributed by atoms with Gasteiger partial charge in [0.25, 0.3) is 0 Å². The third-order valence-electron chi connectivity index (χ3n) is 4.30. The predicted octanol–water partition coefficient (Wildman–Crippen LogP) is 4.39. The normalized spacial score (nSPS) is 27.8. The maximum absolute atomic E-state index is 9.35. The largest absolute Gasteiger partial charge is 0.196 e. The number of hydrogen-bond donors (Lipinski definition) is 0. The Balaban J connectivity index is 2.04. The number of rotatable bonds is 2. The second-order valence-corrected chi connectivity index (χ2v) is 5.96. The molecule has 0 heterocycles. The zero-order chi connectivity index (χ0) is 12.2. The van der Waals surface area contributed by atoms with E-state index < -0.39 is 5.54 Å². The smallest absolute Gasteiger partial charge is 0.167 e. The van der Waals surface area contributed by atoms with Gasteiger partial charge in [0, 0.05) is 0 Å². The highest BCUT2D eigenvalue weighted by molar-refractivity contribution is 5.08. The Labute approximate surface area is 104 Å². The van der Waals surface area contributed by atoms with Crippen LogP contribution in [-0.4, -0.2) is 11.1 Å². The lowest BCUT2D eigenvalue weighted by Crippen LogP contribution is -2.30. The van der Waals surface area contributed by atoms with E-state index in [0.717, 1.165) is 38.5 Å². The van der Waals surface area contributed by atoms with E-state index in [2.05, 4.69) is 23.2 Å². The molecule has 0 aromatic heterocycles. The summed E-state index contributed by atoms with van der Waals surface area (Å²) in [6.07, 6.45) is 11.4. The fourth-order valence-corrected chi connectivity index (χ4v) is 3.00. The average Bonchev–Trinajstić information content (AvgIpc) is 2.39. The van der Waals surface area contributed by atoms with Gasteiger partial charge in [-0.15, -0.1) is 0 Å². The lowest BCUT2D eigenvalue weighted by atomic mass is 9.83. The Bertz CT molecular complexity index is 315. The van der Waals surface area contributed by atoms with Gasteiger partial charge < -0.3 is 0 Å². The first kappa shape index (κ1) is 12.5. The molecule has 0 saturated heterocycles. The molecule has 0 N–H and O–H groups in total. The van der Waals surface area contributed by atoms with Gasteiger partial charge in [0.05, 0.1) is 11.6 Å². The van der Waals surface area contributed by atoms with Crippen molar-refractivity contribution in [1.29, 1.82) is 5.26 Å². The third-order valence-corrected chi connectivity index (χ3v) is 4.30. The zero-order valence-corrected chi connectivity index (χ0v) is 10.9. The van der Waals surface area contributed by atoms with Gasteiger partial charge in [-0.3, -0.25) is 0 Å². The maximum Gasteiger partial charge on any atom is 0.167 e. The molecular formula is C14H23N3. The van der Waals surface area contributed by atoms with E-state index in [1.165, 1.54) is 25.7 Å². The molecule has 3 heteroatoms. The van der Waals surface area contributed by atoms with Crippen molar-refractivity contribution in [2.45, 2.75) is 82.2 Å². The summed E-state index contributed by atoms with van der Waals surface area (Å²) in [4.78, 5) is 0. The first-order valence-electron chi connectivity index (χ1n) is 7.04. The Morgan fingerprint density at radius 3 is 1.88 bits per heavy atom. The molecule has 94 valence electrons. The lowest BCUT2D eigenvalue weighted by molar-refractivity contribution is 0.283. The molecule has 2 saturated carbocycles. The summed E-state index contributed by atoms with van der Waals surface area (Å²) in [5, 5.41) is 18.4. The molecule has 0 unspecified atom stereocenters. The molecule has 0 amide bonds. The summed E-state index contributed by atoms with van der Waals surface area (Å²) in [5.41, 5.74) is -0.474. The molecule has 0 bridgehead atoms. The fraction of sp³-hybridized carbons (Fsp3) is 0.929. The van der Waals surface area contributed by atoms with Crippen molar-refractivity contribution in [3.63, 3.8) is 0 Å². The van der Waals surface area contributed by atoms with E-state index in [1.807, 2.05) is 0 Å². The molecule has 0 radical (unpaired) electrons. The van der Waals surface area contributed by atoms with Gasteiger partial charge in [-0.2, -0.15) is 15.5 Å². The van der Waals surface area contributed by atoms with Gasteiger partial charge in [-0.1, -0.05) is 25.7 Å². The van der Waals surface area contributed by atoms with Gasteiger partial charge in [-0.25, -0.2) is 0 Å². The molecule has 2 aliphatic rings. The minimum absolute atomic E-state index is 0.0134. The van der Waals surface area contributed by atoms with Crippen molar-refractivity contribution in [2.24, 2.45) is 10.2 Å². The molecule has 0 spiro atoms. The van der Waals surface area contributed by atoms with Crippen molar-refractivity contribution in [3.8, 4) is 6.07 Å². The minimum Gasteiger partial charge on any atom is -0.196 e. The van der Waals surface area contributed by atoms with Crippen LogP contribution in [0.1, 0.15) is 71.1 Å². The van der Waals surface area contributed by atoms with E-state index in [0.29, 0.717) is 0 Å². The van der Waals surface area contributed by atoms with Crippen LogP contribution in [0.5, 0.6) is 0 Å². The van der Waals surface area contributed by atoms with Gasteiger partial charge in [-0.05, 0) is 45.4 Å². The lowest BCUT2D eigenvalue weighted by Gasteiger charge is -2.31. The van der Waals surface area contributed by atoms with Crippen LogP contribution in [0.25, 0.3) is 0 Å². The minimum atomic E-state index is -0.487. The summed E-state index contributed by atoms with van der Waals surface area (Å²) in [6.45, 7) is 2.20. The van der Waals surface area contributed by atoms with Crippen LogP contribution in [0.4, 0.5) is 0 Å². The molecular weight excluding hydrogens is 210 g/mol. The van der Waals surface area contributed by atoms with E-state index in [-0.39, 0.29) is 5.54 Å². The summed E-state index contributed by atoms with van der Waals surface area (Å²) in [7, 11) is 0. The summed E-state index contributed by atoms with van der Waals surface area (Å²) < 4.78 is 0. The second kappa shape index (κ2) is 5.16. The number of nitriles is 1. The molecule has 17 heavy (non-hydrogen) atoms. The monoisotopic (exact) mass is 233 g/mol. The third kappa shape index (κ3) is 3.06. The molecule has 0 aliphatic heterocycles. The van der Waals surface area contributed by atoms with Gasteiger partial charge in [0.2, 0.25) is 0 Å². The van der Waals surface area contributed by atoms with Crippen LogP contribution in [0, 0.1) is 11.3 Å². The summed E-state index contributed by atoms with van der Waals surface area (Å²) >= 11 is 0. The topological polar surface area (TPSA) is 48.5 Å². The zero-order valence-electron chi connectivity index (χ0n) is 10.9. The highest BCUT2D eigenvalue weighted by Crippen LogP contribution is 2.36. The van der Waals surface area contributed by atoms with E-state index in [1.54, 1.807) is 0 Å². The second-order valence-electron chi connectivity index (χ2n) is 5.96. The molecule has 0 atom stereocenters. The fourth-order valence-electron chi connectivity index (χ4n) is 3.00. The Kier molecular flexibility index (Phi) is 3.81. The van der Waals surface area contributed by atoms with Gasteiger partial charge in [0.15, 0.2) is 5.54 Å². The van der Waals surface area contributed by atoms with Crippen LogP contribution in [0.15, 0.2) is 10.2 Å². The van der Waals surface area contributed by atoms with Crippen molar-refractivity contribution >= 4 is 0 Å². The van der Waals surface area contributed by atoms with Crippen LogP contribution in [0.3, 0.4) is 0 Å². The molecule has 2 rings (SSSR count). The molecule has 3 nitrogen and oxygen atoms in total. The van der Waals surface area contributed by atoms with Crippen LogP contribution in [0.2, 0.25) is 0 Å². The van der Waals surface area contributed by atoms with Crippen molar-refractivity contribution < 1.29 is 0 Å². The van der Waals surface area contributed by atoms with Crippen LogP contribution >= 0.6 is 0 Å². The molecule has 2 fully saturated rings. The van der Waals surface area contributed by atoms with Gasteiger partial charge in [0.1, 0.15) is 0 Å². The number of nitrogens with zero attached hydrogens (tertiary/aromatic N) is 3. The predicted molar refractivity (Wildman–Crippen MR) is 67.8 cm³/mol. The number of azo groups is 1. The Morgan fingerprint density at radius 2 is 1.35 bits per heavy atom. The summed E-state index contributed by atoms with van der Waals surface area (Å²) in [6, 6.07) is 2.41. The SMILES string of the molecule is CC1(N=NC2(C#N)CCCCC2)CCCCC1. The quantitative estimate of drug-likeness (QED) is 0.652.